The molecule has 1 aliphatic heterocycles. The average molecular weight is 252 g/mol. The van der Waals surface area contributed by atoms with Gasteiger partial charge in [0.05, 0.1) is 23.5 Å². The third kappa shape index (κ3) is 2.26. The minimum atomic E-state index is -0.0530. The van der Waals surface area contributed by atoms with Crippen LogP contribution in [0.1, 0.15) is 20.3 Å². The Morgan fingerprint density at radius 1 is 1.47 bits per heavy atom. The van der Waals surface area contributed by atoms with E-state index in [4.69, 9.17) is 17.3 Å². The van der Waals surface area contributed by atoms with E-state index in [0.717, 1.165) is 5.71 Å². The zero-order valence-corrected chi connectivity index (χ0v) is 10.5. The van der Waals surface area contributed by atoms with E-state index in [0.29, 0.717) is 22.8 Å². The number of carbonyl (C=O) groups excluding carboxylic acids is 1. The molecular weight excluding hydrogens is 238 g/mol. The summed E-state index contributed by atoms with van der Waals surface area (Å²) in [7, 11) is 0. The second-order valence-electron chi connectivity index (χ2n) is 4.33. The van der Waals surface area contributed by atoms with Gasteiger partial charge in [0.15, 0.2) is 0 Å². The number of hydrogen-bond donors (Lipinski definition) is 1. The molecule has 2 N–H and O–H groups in total. The van der Waals surface area contributed by atoms with Crippen LogP contribution in [0.25, 0.3) is 0 Å². The minimum absolute atomic E-state index is 0.0530. The first-order valence-corrected chi connectivity index (χ1v) is 5.82. The monoisotopic (exact) mass is 251 g/mol. The van der Waals surface area contributed by atoms with E-state index in [-0.39, 0.29) is 11.8 Å². The first kappa shape index (κ1) is 11.9. The maximum absolute atomic E-state index is 11.8. The Morgan fingerprint density at radius 2 is 2.18 bits per heavy atom. The van der Waals surface area contributed by atoms with Gasteiger partial charge in [-0.25, -0.2) is 0 Å². The predicted molar refractivity (Wildman–Crippen MR) is 70.2 cm³/mol. The Morgan fingerprint density at radius 3 is 2.71 bits per heavy atom. The van der Waals surface area contributed by atoms with Crippen molar-refractivity contribution in [2.45, 2.75) is 20.3 Å². The van der Waals surface area contributed by atoms with Crippen LogP contribution in [0.5, 0.6) is 0 Å². The van der Waals surface area contributed by atoms with E-state index in [1.165, 1.54) is 5.01 Å². The Labute approximate surface area is 105 Å². The van der Waals surface area contributed by atoms with Gasteiger partial charge in [-0.05, 0) is 24.1 Å². The van der Waals surface area contributed by atoms with E-state index in [2.05, 4.69) is 5.10 Å². The first-order valence-electron chi connectivity index (χ1n) is 5.44. The van der Waals surface area contributed by atoms with Crippen LogP contribution in [0.4, 0.5) is 11.4 Å². The van der Waals surface area contributed by atoms with Gasteiger partial charge in [-0.3, -0.25) is 4.79 Å². The van der Waals surface area contributed by atoms with Crippen LogP contribution in [-0.4, -0.2) is 11.6 Å². The van der Waals surface area contributed by atoms with Crippen molar-refractivity contribution in [2.75, 3.05) is 10.7 Å². The van der Waals surface area contributed by atoms with E-state index in [1.807, 2.05) is 13.8 Å². The molecule has 2 rings (SSSR count). The molecule has 5 heteroatoms. The number of rotatable bonds is 2. The van der Waals surface area contributed by atoms with Gasteiger partial charge in [0.2, 0.25) is 0 Å². The molecule has 1 aliphatic rings. The fourth-order valence-electron chi connectivity index (χ4n) is 1.68. The molecule has 1 heterocycles. The highest BCUT2D eigenvalue weighted by Crippen LogP contribution is 2.30. The molecule has 0 atom stereocenters. The summed E-state index contributed by atoms with van der Waals surface area (Å²) in [6.45, 7) is 4.03. The van der Waals surface area contributed by atoms with E-state index in [1.54, 1.807) is 18.2 Å². The molecule has 0 saturated heterocycles. The average Bonchev–Trinajstić information content (AvgIpc) is 2.61. The van der Waals surface area contributed by atoms with Crippen LogP contribution >= 0.6 is 11.6 Å². The number of carbonyl (C=O) groups is 1. The van der Waals surface area contributed by atoms with Gasteiger partial charge < -0.3 is 5.73 Å². The minimum Gasteiger partial charge on any atom is -0.397 e. The number of halogens is 1. The third-order valence-electron chi connectivity index (χ3n) is 2.68. The topological polar surface area (TPSA) is 58.7 Å². The molecule has 0 spiro atoms. The standard InChI is InChI=1S/C12H14ClN3O/c1-7(2)10-6-12(17)16(15-10)11-4-3-8(13)5-9(11)14/h3-5,7H,6,14H2,1-2H3. The molecule has 17 heavy (non-hydrogen) atoms. The van der Waals surface area contributed by atoms with E-state index in [9.17, 15) is 4.79 Å². The fraction of sp³-hybridized carbons (Fsp3) is 0.333. The summed E-state index contributed by atoms with van der Waals surface area (Å²) < 4.78 is 0. The van der Waals surface area contributed by atoms with E-state index < -0.39 is 0 Å². The molecule has 90 valence electrons. The van der Waals surface area contributed by atoms with Crippen molar-refractivity contribution in [3.8, 4) is 0 Å². The lowest BCUT2D eigenvalue weighted by Gasteiger charge is -2.14. The summed E-state index contributed by atoms with van der Waals surface area (Å²) in [5.41, 5.74) is 7.77. The molecule has 0 radical (unpaired) electrons. The van der Waals surface area contributed by atoms with Crippen molar-refractivity contribution in [1.82, 2.24) is 0 Å². The normalized spacial score (nSPS) is 15.6. The number of hydrogen-bond acceptors (Lipinski definition) is 3. The quantitative estimate of drug-likeness (QED) is 0.822. The predicted octanol–water partition coefficient (Wildman–Crippen LogP) is 2.67. The molecule has 0 aromatic heterocycles. The van der Waals surface area contributed by atoms with E-state index >= 15 is 0 Å². The first-order chi connectivity index (χ1) is 7.99. The number of nitrogens with two attached hydrogens (primary N) is 1. The Balaban J connectivity index is 2.37. The molecule has 1 aromatic rings. The van der Waals surface area contributed by atoms with Crippen molar-refractivity contribution >= 4 is 34.6 Å². The van der Waals surface area contributed by atoms with Crippen LogP contribution in [0.3, 0.4) is 0 Å². The van der Waals surface area contributed by atoms with Crippen LogP contribution in [0, 0.1) is 5.92 Å². The second kappa shape index (κ2) is 4.37. The molecule has 0 aliphatic carbocycles. The summed E-state index contributed by atoms with van der Waals surface area (Å²) in [4.78, 5) is 11.8. The molecule has 1 amide bonds. The van der Waals surface area contributed by atoms with Gasteiger partial charge in [-0.2, -0.15) is 10.1 Å². The largest absolute Gasteiger partial charge is 0.397 e. The molecule has 4 nitrogen and oxygen atoms in total. The van der Waals surface area contributed by atoms with Crippen LogP contribution in [0.15, 0.2) is 23.3 Å². The van der Waals surface area contributed by atoms with Crippen LogP contribution in [-0.2, 0) is 4.79 Å². The zero-order chi connectivity index (χ0) is 12.6. The lowest BCUT2D eigenvalue weighted by atomic mass is 10.1. The lowest BCUT2D eigenvalue weighted by molar-refractivity contribution is -0.116. The highest BCUT2D eigenvalue weighted by Gasteiger charge is 2.27. The SMILES string of the molecule is CC(C)C1=NN(c2ccc(Cl)cc2N)C(=O)C1. The van der Waals surface area contributed by atoms with Crippen molar-refractivity contribution in [2.24, 2.45) is 11.0 Å². The van der Waals surface area contributed by atoms with Crippen molar-refractivity contribution in [1.29, 1.82) is 0 Å². The zero-order valence-electron chi connectivity index (χ0n) is 9.77. The maximum atomic E-state index is 11.8. The number of anilines is 2. The number of hydrazone groups is 1. The summed E-state index contributed by atoms with van der Waals surface area (Å²) in [5, 5.41) is 6.22. The van der Waals surface area contributed by atoms with Crippen molar-refractivity contribution in [3.63, 3.8) is 0 Å². The summed E-state index contributed by atoms with van der Waals surface area (Å²) in [5.74, 6) is 0.209. The van der Waals surface area contributed by atoms with Crippen LogP contribution in [0.2, 0.25) is 5.02 Å². The molecular formula is C12H14ClN3O. The van der Waals surface area contributed by atoms with Gasteiger partial charge >= 0.3 is 0 Å². The Kier molecular flexibility index (Phi) is 3.07. The number of nitrogens with zero attached hydrogens (tertiary/aromatic N) is 2. The smallest absolute Gasteiger partial charge is 0.253 e. The number of benzene rings is 1. The van der Waals surface area contributed by atoms with Gasteiger partial charge in [0.25, 0.3) is 5.91 Å². The third-order valence-corrected chi connectivity index (χ3v) is 2.92. The lowest BCUT2D eigenvalue weighted by Crippen LogP contribution is -2.20. The highest BCUT2D eigenvalue weighted by atomic mass is 35.5. The van der Waals surface area contributed by atoms with Crippen molar-refractivity contribution < 1.29 is 4.79 Å². The van der Waals surface area contributed by atoms with Crippen LogP contribution < -0.4 is 10.7 Å². The van der Waals surface area contributed by atoms with Gasteiger partial charge in [-0.15, -0.1) is 0 Å². The molecule has 0 fully saturated rings. The summed E-state index contributed by atoms with van der Waals surface area (Å²) in [6.07, 6.45) is 0.361. The summed E-state index contributed by atoms with van der Waals surface area (Å²) >= 11 is 5.82. The maximum Gasteiger partial charge on any atom is 0.253 e. The molecule has 1 aromatic carbocycles. The molecule has 0 unspecified atom stereocenters. The van der Waals surface area contributed by atoms with Crippen molar-refractivity contribution in [3.05, 3.63) is 23.2 Å². The molecule has 0 saturated carbocycles. The number of nitrogen functional groups attached to an aromatic ring is 1. The molecule has 0 bridgehead atoms. The Bertz CT molecular complexity index is 497. The van der Waals surface area contributed by atoms with Gasteiger partial charge in [-0.1, -0.05) is 25.4 Å². The fourth-order valence-corrected chi connectivity index (χ4v) is 1.86. The summed E-state index contributed by atoms with van der Waals surface area (Å²) in [6, 6.07) is 5.03. The second-order valence-corrected chi connectivity index (χ2v) is 4.77. The Hall–Kier alpha value is -1.55. The van der Waals surface area contributed by atoms with Gasteiger partial charge in [0.1, 0.15) is 0 Å². The van der Waals surface area contributed by atoms with Gasteiger partial charge in [0, 0.05) is 5.02 Å². The number of amides is 1. The highest BCUT2D eigenvalue weighted by molar-refractivity contribution is 6.31.